The smallest absolute Gasteiger partial charge is 0.271 e. The van der Waals surface area contributed by atoms with E-state index in [2.05, 4.69) is 4.99 Å². The Morgan fingerprint density at radius 1 is 0.903 bits per heavy atom. The number of thioether (sulfide) groups is 1. The van der Waals surface area contributed by atoms with E-state index in [9.17, 15) is 25.1 Å². The lowest BCUT2D eigenvalue weighted by atomic mass is 10.2. The lowest BCUT2D eigenvalue weighted by Gasteiger charge is -2.15. The Hall–Kier alpha value is -4.11. The van der Waals surface area contributed by atoms with Crippen molar-refractivity contribution in [3.05, 3.63) is 93.4 Å². The van der Waals surface area contributed by atoms with Crippen molar-refractivity contribution in [1.82, 2.24) is 0 Å². The van der Waals surface area contributed by atoms with E-state index >= 15 is 0 Å². The van der Waals surface area contributed by atoms with E-state index in [0.717, 1.165) is 11.8 Å². The average Bonchev–Trinajstić information content (AvgIpc) is 3.05. The first kappa shape index (κ1) is 20.2. The number of carbonyl (C=O) groups is 1. The van der Waals surface area contributed by atoms with E-state index in [1.807, 2.05) is 0 Å². The molecule has 4 rings (SSSR count). The molecule has 0 atom stereocenters. The summed E-state index contributed by atoms with van der Waals surface area (Å²) in [7, 11) is 0. The zero-order valence-electron chi connectivity index (χ0n) is 15.9. The van der Waals surface area contributed by atoms with Gasteiger partial charge in [-0.25, -0.2) is 4.99 Å². The van der Waals surface area contributed by atoms with Gasteiger partial charge in [0.2, 0.25) is 0 Å². The molecule has 1 aliphatic heterocycles. The molecule has 0 radical (unpaired) electrons. The summed E-state index contributed by atoms with van der Waals surface area (Å²) in [5.41, 5.74) is 1.68. The van der Waals surface area contributed by atoms with Crippen molar-refractivity contribution in [2.75, 3.05) is 4.90 Å². The van der Waals surface area contributed by atoms with Crippen LogP contribution in [0.15, 0.2) is 82.7 Å². The van der Waals surface area contributed by atoms with Gasteiger partial charge in [0.1, 0.15) is 11.5 Å². The Labute approximate surface area is 180 Å². The summed E-state index contributed by atoms with van der Waals surface area (Å²) in [5, 5.41) is 30.3. The first-order valence-electron chi connectivity index (χ1n) is 9.06. The molecule has 9 heteroatoms. The molecule has 1 heterocycles. The van der Waals surface area contributed by atoms with Gasteiger partial charge in [-0.15, -0.1) is 0 Å². The van der Waals surface area contributed by atoms with Gasteiger partial charge in [-0.2, -0.15) is 0 Å². The second kappa shape index (κ2) is 8.33. The summed E-state index contributed by atoms with van der Waals surface area (Å²) in [6, 6.07) is 18.3. The zero-order valence-corrected chi connectivity index (χ0v) is 16.7. The number of phenols is 2. The van der Waals surface area contributed by atoms with Crippen LogP contribution < -0.4 is 4.90 Å². The number of phenolic OH excluding ortho intramolecular Hbond substituents is 2. The van der Waals surface area contributed by atoms with Crippen molar-refractivity contribution < 1.29 is 19.9 Å². The van der Waals surface area contributed by atoms with Crippen molar-refractivity contribution >= 4 is 46.0 Å². The molecule has 3 aromatic rings. The van der Waals surface area contributed by atoms with Crippen LogP contribution in [0.3, 0.4) is 0 Å². The molecule has 0 aromatic heterocycles. The first-order valence-corrected chi connectivity index (χ1v) is 9.87. The number of carbonyl (C=O) groups excluding carboxylic acids is 1. The van der Waals surface area contributed by atoms with E-state index in [-0.39, 0.29) is 23.1 Å². The summed E-state index contributed by atoms with van der Waals surface area (Å²) in [6.45, 7) is 0. The SMILES string of the molecule is O=C1C(=Cc2ccc([N+](=O)[O-])cc2)SC(=Nc2ccc(O)cc2)N1c1ccc(O)cc1. The van der Waals surface area contributed by atoms with Gasteiger partial charge in [0.25, 0.3) is 11.6 Å². The van der Waals surface area contributed by atoms with E-state index in [4.69, 9.17) is 0 Å². The third-order valence-corrected chi connectivity index (χ3v) is 5.36. The molecular formula is C22H15N3O5S. The van der Waals surface area contributed by atoms with Crippen molar-refractivity contribution in [1.29, 1.82) is 0 Å². The molecular weight excluding hydrogens is 418 g/mol. The van der Waals surface area contributed by atoms with Crippen LogP contribution in [0.4, 0.5) is 17.1 Å². The van der Waals surface area contributed by atoms with Crippen LogP contribution in [0.5, 0.6) is 11.5 Å². The Bertz CT molecular complexity index is 1200. The molecule has 1 fully saturated rings. The minimum atomic E-state index is -0.485. The van der Waals surface area contributed by atoms with Gasteiger partial charge >= 0.3 is 0 Å². The van der Waals surface area contributed by atoms with E-state index in [0.29, 0.717) is 27.0 Å². The van der Waals surface area contributed by atoms with E-state index in [1.165, 1.54) is 41.3 Å². The highest BCUT2D eigenvalue weighted by atomic mass is 32.2. The highest BCUT2D eigenvalue weighted by Crippen LogP contribution is 2.38. The molecule has 1 saturated heterocycles. The molecule has 0 unspecified atom stereocenters. The number of non-ortho nitro benzene ring substituents is 1. The number of hydrogen-bond acceptors (Lipinski definition) is 7. The number of aliphatic imine (C=N–C) groups is 1. The fourth-order valence-electron chi connectivity index (χ4n) is 2.86. The van der Waals surface area contributed by atoms with Gasteiger partial charge in [0.15, 0.2) is 5.17 Å². The Morgan fingerprint density at radius 2 is 1.48 bits per heavy atom. The van der Waals surface area contributed by atoms with Crippen molar-refractivity contribution in [3.63, 3.8) is 0 Å². The first-order chi connectivity index (χ1) is 14.9. The fraction of sp³-hybridized carbons (Fsp3) is 0. The maximum absolute atomic E-state index is 13.2. The highest BCUT2D eigenvalue weighted by Gasteiger charge is 2.34. The van der Waals surface area contributed by atoms with E-state index < -0.39 is 4.92 Å². The molecule has 1 aliphatic rings. The Kier molecular flexibility index (Phi) is 5.42. The number of aromatic hydroxyl groups is 2. The molecule has 8 nitrogen and oxygen atoms in total. The summed E-state index contributed by atoms with van der Waals surface area (Å²) >= 11 is 1.16. The highest BCUT2D eigenvalue weighted by molar-refractivity contribution is 8.19. The van der Waals surface area contributed by atoms with Gasteiger partial charge in [-0.1, -0.05) is 0 Å². The average molecular weight is 433 g/mol. The number of nitrogens with zero attached hydrogens (tertiary/aromatic N) is 3. The monoisotopic (exact) mass is 433 g/mol. The maximum atomic E-state index is 13.2. The zero-order chi connectivity index (χ0) is 22.0. The Balaban J connectivity index is 1.73. The van der Waals surface area contributed by atoms with Crippen LogP contribution in [0.2, 0.25) is 0 Å². The van der Waals surface area contributed by atoms with Crippen molar-refractivity contribution in [3.8, 4) is 11.5 Å². The Morgan fingerprint density at radius 3 is 2.06 bits per heavy atom. The second-order valence-corrected chi connectivity index (χ2v) is 7.54. The number of benzene rings is 3. The van der Waals surface area contributed by atoms with Gasteiger partial charge in [-0.3, -0.25) is 19.8 Å². The van der Waals surface area contributed by atoms with Gasteiger partial charge in [-0.05, 0) is 84.1 Å². The number of nitro benzene ring substituents is 1. The second-order valence-electron chi connectivity index (χ2n) is 6.53. The van der Waals surface area contributed by atoms with Crippen LogP contribution in [0, 0.1) is 10.1 Å². The molecule has 0 saturated carbocycles. The predicted octanol–water partition coefficient (Wildman–Crippen LogP) is 4.81. The molecule has 31 heavy (non-hydrogen) atoms. The maximum Gasteiger partial charge on any atom is 0.271 e. The molecule has 154 valence electrons. The topological polar surface area (TPSA) is 116 Å². The largest absolute Gasteiger partial charge is 0.508 e. The van der Waals surface area contributed by atoms with Crippen molar-refractivity contribution in [2.24, 2.45) is 4.99 Å². The van der Waals surface area contributed by atoms with Crippen LogP contribution >= 0.6 is 11.8 Å². The molecule has 2 N–H and O–H groups in total. The van der Waals surface area contributed by atoms with Crippen LogP contribution in [0.25, 0.3) is 6.08 Å². The lowest BCUT2D eigenvalue weighted by Crippen LogP contribution is -2.28. The number of amides is 1. The van der Waals surface area contributed by atoms with Crippen LogP contribution in [-0.2, 0) is 4.79 Å². The normalized spacial score (nSPS) is 16.3. The molecule has 0 spiro atoms. The molecule has 0 aliphatic carbocycles. The fourth-order valence-corrected chi connectivity index (χ4v) is 3.86. The minimum Gasteiger partial charge on any atom is -0.508 e. The quantitative estimate of drug-likeness (QED) is 0.346. The van der Waals surface area contributed by atoms with Crippen molar-refractivity contribution in [2.45, 2.75) is 0 Å². The number of hydrogen-bond donors (Lipinski definition) is 2. The minimum absolute atomic E-state index is 0.0344. The lowest BCUT2D eigenvalue weighted by molar-refractivity contribution is -0.384. The predicted molar refractivity (Wildman–Crippen MR) is 119 cm³/mol. The third-order valence-electron chi connectivity index (χ3n) is 4.39. The third kappa shape index (κ3) is 4.41. The number of anilines is 1. The summed E-state index contributed by atoms with van der Waals surface area (Å²) < 4.78 is 0. The van der Waals surface area contributed by atoms with Gasteiger partial charge in [0.05, 0.1) is 21.2 Å². The summed E-state index contributed by atoms with van der Waals surface area (Å²) in [6.07, 6.45) is 1.64. The molecule has 3 aromatic carbocycles. The van der Waals surface area contributed by atoms with Crippen LogP contribution in [0.1, 0.15) is 5.56 Å². The number of rotatable bonds is 4. The standard InChI is InChI=1S/C22H15N3O5S/c26-18-9-3-15(4-10-18)23-22-24(16-7-11-19(27)12-8-16)21(28)20(31-22)13-14-1-5-17(6-2-14)25(29)30/h1-13,26-27H. The number of nitro groups is 1. The summed E-state index contributed by atoms with van der Waals surface area (Å²) in [5.74, 6) is -0.137. The number of amidine groups is 1. The molecule has 1 amide bonds. The van der Waals surface area contributed by atoms with Gasteiger partial charge < -0.3 is 10.2 Å². The summed E-state index contributed by atoms with van der Waals surface area (Å²) in [4.78, 5) is 29.9. The van der Waals surface area contributed by atoms with Gasteiger partial charge in [0, 0.05) is 12.1 Å². The molecule has 0 bridgehead atoms. The van der Waals surface area contributed by atoms with Crippen LogP contribution in [-0.4, -0.2) is 26.2 Å². The van der Waals surface area contributed by atoms with E-state index in [1.54, 1.807) is 42.5 Å².